The minimum Gasteiger partial charge on any atom is -0.474 e. The van der Waals surface area contributed by atoms with E-state index in [9.17, 15) is 4.79 Å². The number of aromatic nitrogens is 3. The van der Waals surface area contributed by atoms with E-state index >= 15 is 0 Å². The van der Waals surface area contributed by atoms with Crippen LogP contribution in [0.15, 0.2) is 37.4 Å². The van der Waals surface area contributed by atoms with E-state index in [1.54, 1.807) is 25.4 Å². The van der Waals surface area contributed by atoms with Gasteiger partial charge in [-0.1, -0.05) is 6.58 Å². The number of piperidine rings is 1. The second-order valence-electron chi connectivity index (χ2n) is 6.12. The molecule has 9 heteroatoms. The largest absolute Gasteiger partial charge is 0.474 e. The summed E-state index contributed by atoms with van der Waals surface area (Å²) < 4.78 is 5.94. The Morgan fingerprint density at radius 3 is 2.74 bits per heavy atom. The van der Waals surface area contributed by atoms with E-state index in [1.807, 2.05) is 6.07 Å². The van der Waals surface area contributed by atoms with Gasteiger partial charge in [-0.2, -0.15) is 4.98 Å². The van der Waals surface area contributed by atoms with Crippen molar-refractivity contribution >= 4 is 11.8 Å². The number of pyridine rings is 1. The summed E-state index contributed by atoms with van der Waals surface area (Å²) in [5, 5.41) is 9.01. The van der Waals surface area contributed by atoms with Crippen molar-refractivity contribution in [1.29, 1.82) is 0 Å². The van der Waals surface area contributed by atoms with Crippen LogP contribution in [0.2, 0.25) is 0 Å². The van der Waals surface area contributed by atoms with E-state index < -0.39 is 6.09 Å². The Labute approximate surface area is 156 Å². The Morgan fingerprint density at radius 2 is 2.07 bits per heavy atom. The third-order valence-electron chi connectivity index (χ3n) is 4.26. The molecule has 2 N–H and O–H groups in total. The van der Waals surface area contributed by atoms with Gasteiger partial charge in [0, 0.05) is 43.9 Å². The molecule has 0 atom stereocenters. The summed E-state index contributed by atoms with van der Waals surface area (Å²) in [6, 6.07) is 3.66. The molecule has 1 saturated heterocycles. The van der Waals surface area contributed by atoms with Gasteiger partial charge in [-0.3, -0.25) is 4.98 Å². The zero-order valence-electron chi connectivity index (χ0n) is 15.0. The smallest absolute Gasteiger partial charge is 0.407 e. The minimum atomic E-state index is -0.901. The van der Waals surface area contributed by atoms with Crippen LogP contribution in [0.1, 0.15) is 24.0 Å². The lowest BCUT2D eigenvalue weighted by atomic mass is 10.1. The number of carboxylic acid groups (broad SMARTS) is 1. The topological polar surface area (TPSA) is 110 Å². The van der Waals surface area contributed by atoms with E-state index in [1.165, 1.54) is 11.2 Å². The fraction of sp³-hybridized carbons (Fsp3) is 0.333. The zero-order chi connectivity index (χ0) is 19.2. The molecular formula is C18H21N5O4. The molecule has 2 aromatic heterocycles. The van der Waals surface area contributed by atoms with Gasteiger partial charge in [0.25, 0.3) is 5.88 Å². The maximum absolute atomic E-state index is 11.0. The average Bonchev–Trinajstić information content (AvgIpc) is 2.69. The zero-order valence-corrected chi connectivity index (χ0v) is 15.0. The predicted octanol–water partition coefficient (Wildman–Crippen LogP) is 2.26. The number of likely N-dealkylation sites (tertiary alicyclic amines) is 1. The molecule has 1 aliphatic rings. The summed E-state index contributed by atoms with van der Waals surface area (Å²) >= 11 is 0. The van der Waals surface area contributed by atoms with Crippen LogP contribution in [-0.2, 0) is 0 Å². The molecule has 0 spiro atoms. The molecule has 1 amide bonds. The van der Waals surface area contributed by atoms with Gasteiger partial charge in [-0.05, 0) is 19.1 Å². The molecule has 0 radical (unpaired) electrons. The number of hydroxylamine groups is 1. The second-order valence-corrected chi connectivity index (χ2v) is 6.12. The molecule has 142 valence electrons. The third-order valence-corrected chi connectivity index (χ3v) is 4.26. The van der Waals surface area contributed by atoms with E-state index in [-0.39, 0.29) is 6.10 Å². The van der Waals surface area contributed by atoms with Crippen molar-refractivity contribution in [3.63, 3.8) is 0 Å². The van der Waals surface area contributed by atoms with Crippen molar-refractivity contribution in [2.75, 3.05) is 13.1 Å². The SMILES string of the molecule is C=C(NOc1ncnc(OC2CCN(C(=O)O)CC2)c1C)c1cccnc1. The lowest BCUT2D eigenvalue weighted by Gasteiger charge is -2.30. The van der Waals surface area contributed by atoms with Gasteiger partial charge in [-0.25, -0.2) is 15.3 Å². The van der Waals surface area contributed by atoms with Crippen molar-refractivity contribution < 1.29 is 19.5 Å². The van der Waals surface area contributed by atoms with Crippen LogP contribution in [0.4, 0.5) is 4.79 Å². The van der Waals surface area contributed by atoms with Gasteiger partial charge >= 0.3 is 6.09 Å². The van der Waals surface area contributed by atoms with Crippen molar-refractivity contribution in [1.82, 2.24) is 25.3 Å². The molecule has 0 aromatic carbocycles. The van der Waals surface area contributed by atoms with Crippen LogP contribution in [-0.4, -0.2) is 50.2 Å². The molecule has 1 aliphatic heterocycles. The first-order valence-electron chi connectivity index (χ1n) is 8.53. The highest BCUT2D eigenvalue weighted by Gasteiger charge is 2.24. The Balaban J connectivity index is 1.59. The number of nitrogens with one attached hydrogen (secondary N) is 1. The number of hydrogen-bond acceptors (Lipinski definition) is 7. The molecular weight excluding hydrogens is 350 g/mol. The highest BCUT2D eigenvalue weighted by atomic mass is 16.7. The van der Waals surface area contributed by atoms with Crippen LogP contribution in [0.25, 0.3) is 5.70 Å². The Kier molecular flexibility index (Phi) is 5.70. The lowest BCUT2D eigenvalue weighted by molar-refractivity contribution is 0.0861. The van der Waals surface area contributed by atoms with Crippen LogP contribution >= 0.6 is 0 Å². The molecule has 2 aromatic rings. The summed E-state index contributed by atoms with van der Waals surface area (Å²) in [6.45, 7) is 6.59. The van der Waals surface area contributed by atoms with Crippen molar-refractivity contribution in [3.05, 3.63) is 48.6 Å². The molecule has 27 heavy (non-hydrogen) atoms. The van der Waals surface area contributed by atoms with E-state index in [4.69, 9.17) is 14.7 Å². The van der Waals surface area contributed by atoms with Gasteiger partial charge in [0.2, 0.25) is 5.88 Å². The van der Waals surface area contributed by atoms with Gasteiger partial charge in [0.15, 0.2) is 0 Å². The van der Waals surface area contributed by atoms with Gasteiger partial charge in [0.1, 0.15) is 12.4 Å². The van der Waals surface area contributed by atoms with Gasteiger partial charge in [-0.15, -0.1) is 0 Å². The number of ether oxygens (including phenoxy) is 1. The molecule has 1 fully saturated rings. The Bertz CT molecular complexity index is 807. The van der Waals surface area contributed by atoms with E-state index in [2.05, 4.69) is 27.0 Å². The monoisotopic (exact) mass is 371 g/mol. The van der Waals surface area contributed by atoms with Crippen molar-refractivity contribution in [3.8, 4) is 11.8 Å². The number of carbonyl (C=O) groups is 1. The van der Waals surface area contributed by atoms with Crippen molar-refractivity contribution in [2.24, 2.45) is 0 Å². The van der Waals surface area contributed by atoms with E-state index in [0.717, 1.165) is 5.56 Å². The summed E-state index contributed by atoms with van der Waals surface area (Å²) in [4.78, 5) is 30.2. The first-order chi connectivity index (χ1) is 13.0. The summed E-state index contributed by atoms with van der Waals surface area (Å²) in [7, 11) is 0. The third kappa shape index (κ3) is 4.63. The summed E-state index contributed by atoms with van der Waals surface area (Å²) in [6.07, 6.45) is 4.94. The van der Waals surface area contributed by atoms with Crippen LogP contribution in [0, 0.1) is 6.92 Å². The minimum absolute atomic E-state index is 0.0969. The highest BCUT2D eigenvalue weighted by Crippen LogP contribution is 2.25. The first kappa shape index (κ1) is 18.4. The lowest BCUT2D eigenvalue weighted by Crippen LogP contribution is -2.41. The summed E-state index contributed by atoms with van der Waals surface area (Å²) in [5.74, 6) is 0.746. The predicted molar refractivity (Wildman–Crippen MR) is 97.1 cm³/mol. The molecule has 3 heterocycles. The van der Waals surface area contributed by atoms with E-state index in [0.29, 0.717) is 49.0 Å². The number of nitrogens with zero attached hydrogens (tertiary/aromatic N) is 4. The quantitative estimate of drug-likeness (QED) is 0.744. The number of rotatable bonds is 6. The Hall–Kier alpha value is -3.36. The molecule has 0 unspecified atom stereocenters. The molecule has 3 rings (SSSR count). The first-order valence-corrected chi connectivity index (χ1v) is 8.53. The Morgan fingerprint density at radius 1 is 1.33 bits per heavy atom. The maximum atomic E-state index is 11.0. The second kappa shape index (κ2) is 8.35. The number of amides is 1. The van der Waals surface area contributed by atoms with Crippen molar-refractivity contribution in [2.45, 2.75) is 25.9 Å². The highest BCUT2D eigenvalue weighted by molar-refractivity contribution is 5.65. The summed E-state index contributed by atoms with van der Waals surface area (Å²) in [5.41, 5.74) is 4.74. The molecule has 0 aliphatic carbocycles. The molecule has 9 nitrogen and oxygen atoms in total. The van der Waals surface area contributed by atoms with Gasteiger partial charge < -0.3 is 19.6 Å². The normalized spacial score (nSPS) is 14.5. The van der Waals surface area contributed by atoms with Crippen LogP contribution in [0.3, 0.4) is 0 Å². The molecule has 0 bridgehead atoms. The van der Waals surface area contributed by atoms with Crippen LogP contribution < -0.4 is 15.1 Å². The molecule has 0 saturated carbocycles. The number of hydrogen-bond donors (Lipinski definition) is 2. The fourth-order valence-corrected chi connectivity index (χ4v) is 2.67. The average molecular weight is 371 g/mol. The fourth-order valence-electron chi connectivity index (χ4n) is 2.67. The van der Waals surface area contributed by atoms with Gasteiger partial charge in [0.05, 0.1) is 11.3 Å². The maximum Gasteiger partial charge on any atom is 0.407 e. The standard InChI is InChI=1S/C18H21N5O4/c1-12-16(26-15-5-8-23(9-6-15)18(24)25)20-11-21-17(12)27-22-13(2)14-4-3-7-19-10-14/h3-4,7,10-11,15,22H,2,5-6,8-9H2,1H3,(H,24,25). The van der Waals surface area contributed by atoms with Crippen LogP contribution in [0.5, 0.6) is 11.8 Å².